The van der Waals surface area contributed by atoms with Crippen LogP contribution in [-0.4, -0.2) is 12.4 Å². The van der Waals surface area contributed by atoms with Crippen LogP contribution in [0.1, 0.15) is 42.3 Å². The summed E-state index contributed by atoms with van der Waals surface area (Å²) < 4.78 is 5.38. The number of ketones is 1. The first kappa shape index (κ1) is 12.3. The molecule has 1 aromatic carbocycles. The van der Waals surface area contributed by atoms with Crippen molar-refractivity contribution in [3.05, 3.63) is 28.8 Å². The molecule has 1 aromatic rings. The van der Waals surface area contributed by atoms with Crippen molar-refractivity contribution in [2.75, 3.05) is 6.61 Å². The summed E-state index contributed by atoms with van der Waals surface area (Å²) in [7, 11) is 0. The third-order valence-corrected chi connectivity index (χ3v) is 2.35. The number of benzene rings is 1. The summed E-state index contributed by atoms with van der Waals surface area (Å²) in [4.78, 5) is 11.5. The minimum atomic E-state index is -0.0738. The molecule has 1 rings (SSSR count). The average Bonchev–Trinajstić information content (AvgIpc) is 2.29. The van der Waals surface area contributed by atoms with E-state index in [1.165, 1.54) is 6.92 Å². The van der Waals surface area contributed by atoms with E-state index in [1.807, 2.05) is 13.8 Å². The van der Waals surface area contributed by atoms with Crippen LogP contribution in [0.5, 0.6) is 5.75 Å². The lowest BCUT2D eigenvalue weighted by Crippen LogP contribution is -2.04. The molecule has 0 aliphatic rings. The molecule has 0 heterocycles. The first-order chi connectivity index (χ1) is 7.63. The molecule has 16 heavy (non-hydrogen) atoms. The molecule has 0 amide bonds. The Hall–Kier alpha value is -1.82. The Morgan fingerprint density at radius 1 is 1.44 bits per heavy atom. The van der Waals surface area contributed by atoms with E-state index in [4.69, 9.17) is 10.00 Å². The second-order valence-electron chi connectivity index (χ2n) is 3.47. The van der Waals surface area contributed by atoms with E-state index in [1.54, 1.807) is 12.1 Å². The van der Waals surface area contributed by atoms with E-state index in [9.17, 15) is 4.79 Å². The quantitative estimate of drug-likeness (QED) is 0.728. The van der Waals surface area contributed by atoms with Gasteiger partial charge < -0.3 is 4.74 Å². The molecule has 0 aromatic heterocycles. The number of ether oxygens (including phenoxy) is 1. The third-order valence-electron chi connectivity index (χ3n) is 2.35. The summed E-state index contributed by atoms with van der Waals surface area (Å²) in [6.07, 6.45) is 0.793. The summed E-state index contributed by atoms with van der Waals surface area (Å²) in [6.45, 7) is 5.75. The largest absolute Gasteiger partial charge is 0.492 e. The van der Waals surface area contributed by atoms with E-state index >= 15 is 0 Å². The molecule has 0 spiro atoms. The van der Waals surface area contributed by atoms with Crippen molar-refractivity contribution < 1.29 is 9.53 Å². The van der Waals surface area contributed by atoms with Crippen molar-refractivity contribution in [2.24, 2.45) is 0 Å². The Kier molecular flexibility index (Phi) is 4.07. The lowest BCUT2D eigenvalue weighted by atomic mass is 10.0. The van der Waals surface area contributed by atoms with Crippen LogP contribution < -0.4 is 4.74 Å². The SMILES string of the molecule is CCOc1c(C#N)cc(CC)cc1C(C)=O. The number of rotatable bonds is 4. The summed E-state index contributed by atoms with van der Waals surface area (Å²) in [5.74, 6) is 0.338. The lowest BCUT2D eigenvalue weighted by molar-refractivity contribution is 0.101. The lowest BCUT2D eigenvalue weighted by Gasteiger charge is -2.11. The summed E-state index contributed by atoms with van der Waals surface area (Å²) in [5.41, 5.74) is 1.91. The van der Waals surface area contributed by atoms with Crippen LogP contribution in [0, 0.1) is 11.3 Å². The minimum Gasteiger partial charge on any atom is -0.492 e. The van der Waals surface area contributed by atoms with Crippen molar-refractivity contribution in [2.45, 2.75) is 27.2 Å². The zero-order valence-electron chi connectivity index (χ0n) is 9.83. The second kappa shape index (κ2) is 5.32. The van der Waals surface area contributed by atoms with Crippen molar-refractivity contribution in [1.29, 1.82) is 5.26 Å². The highest BCUT2D eigenvalue weighted by atomic mass is 16.5. The fourth-order valence-corrected chi connectivity index (χ4v) is 1.54. The Morgan fingerprint density at radius 2 is 2.12 bits per heavy atom. The van der Waals surface area contributed by atoms with E-state index in [0.29, 0.717) is 23.5 Å². The maximum absolute atomic E-state index is 11.5. The van der Waals surface area contributed by atoms with Gasteiger partial charge in [-0.15, -0.1) is 0 Å². The third kappa shape index (κ3) is 2.40. The molecular formula is C13H15NO2. The fourth-order valence-electron chi connectivity index (χ4n) is 1.54. The Labute approximate surface area is 95.7 Å². The number of aryl methyl sites for hydroxylation is 1. The van der Waals surface area contributed by atoms with Crippen molar-refractivity contribution in [3.8, 4) is 11.8 Å². The van der Waals surface area contributed by atoms with E-state index in [0.717, 1.165) is 12.0 Å². The molecule has 0 aliphatic carbocycles. The van der Waals surface area contributed by atoms with Gasteiger partial charge in [-0.3, -0.25) is 4.79 Å². The smallest absolute Gasteiger partial charge is 0.163 e. The number of carbonyl (C=O) groups is 1. The number of nitrogens with zero attached hydrogens (tertiary/aromatic N) is 1. The van der Waals surface area contributed by atoms with Gasteiger partial charge in [-0.25, -0.2) is 0 Å². The number of hydrogen-bond acceptors (Lipinski definition) is 3. The van der Waals surface area contributed by atoms with Gasteiger partial charge in [0.2, 0.25) is 0 Å². The number of hydrogen-bond donors (Lipinski definition) is 0. The Morgan fingerprint density at radius 3 is 2.56 bits per heavy atom. The number of carbonyl (C=O) groups excluding carboxylic acids is 1. The Bertz CT molecular complexity index is 444. The predicted molar refractivity (Wildman–Crippen MR) is 61.7 cm³/mol. The van der Waals surface area contributed by atoms with Gasteiger partial charge in [-0.05, 0) is 38.0 Å². The maximum atomic E-state index is 11.5. The molecule has 0 bridgehead atoms. The van der Waals surface area contributed by atoms with Gasteiger partial charge >= 0.3 is 0 Å². The normalized spacial score (nSPS) is 9.62. The molecule has 3 nitrogen and oxygen atoms in total. The molecule has 0 saturated carbocycles. The first-order valence-electron chi connectivity index (χ1n) is 5.34. The van der Waals surface area contributed by atoms with Crippen LogP contribution in [0.25, 0.3) is 0 Å². The van der Waals surface area contributed by atoms with Gasteiger partial charge in [-0.2, -0.15) is 5.26 Å². The molecule has 0 atom stereocenters. The van der Waals surface area contributed by atoms with Crippen LogP contribution in [0.2, 0.25) is 0 Å². The second-order valence-corrected chi connectivity index (χ2v) is 3.47. The van der Waals surface area contributed by atoms with Gasteiger partial charge in [0.1, 0.15) is 11.8 Å². The van der Waals surface area contributed by atoms with Crippen molar-refractivity contribution in [3.63, 3.8) is 0 Å². The van der Waals surface area contributed by atoms with Gasteiger partial charge in [0.05, 0.1) is 17.7 Å². The highest BCUT2D eigenvalue weighted by Gasteiger charge is 2.14. The zero-order valence-corrected chi connectivity index (χ0v) is 9.83. The topological polar surface area (TPSA) is 50.1 Å². The summed E-state index contributed by atoms with van der Waals surface area (Å²) >= 11 is 0. The van der Waals surface area contributed by atoms with E-state index < -0.39 is 0 Å². The van der Waals surface area contributed by atoms with Crippen LogP contribution in [0.4, 0.5) is 0 Å². The molecule has 0 unspecified atom stereocenters. The van der Waals surface area contributed by atoms with E-state index in [2.05, 4.69) is 6.07 Å². The first-order valence-corrected chi connectivity index (χ1v) is 5.34. The fraction of sp³-hybridized carbons (Fsp3) is 0.385. The monoisotopic (exact) mass is 217 g/mol. The highest BCUT2D eigenvalue weighted by Crippen LogP contribution is 2.26. The summed E-state index contributed by atoms with van der Waals surface area (Å²) in [5, 5.41) is 9.03. The minimum absolute atomic E-state index is 0.0738. The van der Waals surface area contributed by atoms with Crippen molar-refractivity contribution in [1.82, 2.24) is 0 Å². The van der Waals surface area contributed by atoms with Crippen LogP contribution in [-0.2, 0) is 6.42 Å². The molecule has 84 valence electrons. The molecule has 0 saturated heterocycles. The van der Waals surface area contributed by atoms with Crippen LogP contribution in [0.15, 0.2) is 12.1 Å². The average molecular weight is 217 g/mol. The summed E-state index contributed by atoms with van der Waals surface area (Å²) in [6, 6.07) is 5.65. The van der Waals surface area contributed by atoms with Gasteiger partial charge in [-0.1, -0.05) is 6.92 Å². The standard InChI is InChI=1S/C13H15NO2/c1-4-10-6-11(8-14)13(16-5-2)12(7-10)9(3)15/h6-7H,4-5H2,1-3H3. The van der Waals surface area contributed by atoms with Gasteiger partial charge in [0.25, 0.3) is 0 Å². The van der Waals surface area contributed by atoms with Crippen molar-refractivity contribution >= 4 is 5.78 Å². The van der Waals surface area contributed by atoms with Gasteiger partial charge in [0, 0.05) is 0 Å². The molecule has 3 heteroatoms. The molecular weight excluding hydrogens is 202 g/mol. The molecule has 0 N–H and O–H groups in total. The Balaban J connectivity index is 3.42. The maximum Gasteiger partial charge on any atom is 0.163 e. The molecule has 0 fully saturated rings. The highest BCUT2D eigenvalue weighted by molar-refractivity contribution is 5.97. The molecule has 0 aliphatic heterocycles. The number of nitriles is 1. The van der Waals surface area contributed by atoms with Gasteiger partial charge in [0.15, 0.2) is 5.78 Å². The van der Waals surface area contributed by atoms with Crippen LogP contribution >= 0.6 is 0 Å². The van der Waals surface area contributed by atoms with E-state index in [-0.39, 0.29) is 5.78 Å². The predicted octanol–water partition coefficient (Wildman–Crippen LogP) is 2.72. The van der Waals surface area contributed by atoms with Crippen LogP contribution in [0.3, 0.4) is 0 Å². The zero-order chi connectivity index (χ0) is 12.1. The molecule has 0 radical (unpaired) electrons. The number of Topliss-reactive ketones (excluding diaryl/α,β-unsaturated/α-hetero) is 1.